The molecule has 1 N–H and O–H groups in total. The van der Waals surface area contributed by atoms with Gasteiger partial charge in [0.1, 0.15) is 5.82 Å². The fourth-order valence-corrected chi connectivity index (χ4v) is 4.20. The Kier molecular flexibility index (Phi) is 5.26. The number of amides is 3. The number of likely N-dealkylation sites (tertiary alicyclic amines) is 1. The van der Waals surface area contributed by atoms with E-state index in [1.54, 1.807) is 17.9 Å². The number of carbonyl (C=O) groups is 2. The monoisotopic (exact) mass is 395 g/mol. The first-order valence-corrected chi connectivity index (χ1v) is 10.1. The van der Waals surface area contributed by atoms with Gasteiger partial charge in [-0.15, -0.1) is 0 Å². The molecule has 2 aromatic rings. The van der Waals surface area contributed by atoms with Crippen LogP contribution in [-0.4, -0.2) is 43.0 Å². The van der Waals surface area contributed by atoms with Crippen molar-refractivity contribution in [3.05, 3.63) is 64.5 Å². The second kappa shape index (κ2) is 7.85. The standard InChI is InChI=1S/C23H26FN3O2/c1-15-3-5-17(12-20(15)24)11-18-7-9-26(14-18)22(28)19-6-4-16(2)21(13-19)27-10-8-25-23(27)29/h3-6,12-13,18H,7-11,14H2,1-2H3,(H,25,29). The number of rotatable bonds is 4. The van der Waals surface area contributed by atoms with Crippen molar-refractivity contribution < 1.29 is 14.0 Å². The third-order valence-corrected chi connectivity index (χ3v) is 5.94. The summed E-state index contributed by atoms with van der Waals surface area (Å²) in [5.74, 6) is 0.144. The van der Waals surface area contributed by atoms with E-state index in [1.165, 1.54) is 0 Å². The van der Waals surface area contributed by atoms with Crippen LogP contribution in [0, 0.1) is 25.6 Å². The van der Waals surface area contributed by atoms with Gasteiger partial charge in [0, 0.05) is 37.4 Å². The van der Waals surface area contributed by atoms with E-state index < -0.39 is 0 Å². The number of aryl methyl sites for hydroxylation is 2. The molecule has 3 amide bonds. The summed E-state index contributed by atoms with van der Waals surface area (Å²) in [6.07, 6.45) is 1.68. The number of anilines is 1. The van der Waals surface area contributed by atoms with E-state index >= 15 is 0 Å². The Morgan fingerprint density at radius 2 is 1.93 bits per heavy atom. The van der Waals surface area contributed by atoms with E-state index in [9.17, 15) is 14.0 Å². The lowest BCUT2D eigenvalue weighted by Crippen LogP contribution is -2.30. The van der Waals surface area contributed by atoms with Gasteiger partial charge in [-0.3, -0.25) is 9.69 Å². The Bertz CT molecular complexity index is 959. The van der Waals surface area contributed by atoms with Crippen molar-refractivity contribution in [3.8, 4) is 0 Å². The van der Waals surface area contributed by atoms with E-state index in [4.69, 9.17) is 0 Å². The topological polar surface area (TPSA) is 52.7 Å². The molecular formula is C23H26FN3O2. The summed E-state index contributed by atoms with van der Waals surface area (Å²) in [4.78, 5) is 28.6. The van der Waals surface area contributed by atoms with Crippen molar-refractivity contribution in [1.29, 1.82) is 0 Å². The Labute approximate surface area is 170 Å². The molecule has 0 bridgehead atoms. The van der Waals surface area contributed by atoms with Crippen LogP contribution in [0.2, 0.25) is 0 Å². The number of carbonyl (C=O) groups excluding carboxylic acids is 2. The van der Waals surface area contributed by atoms with Crippen molar-refractivity contribution in [2.75, 3.05) is 31.1 Å². The van der Waals surface area contributed by atoms with Gasteiger partial charge in [-0.2, -0.15) is 0 Å². The first kappa shape index (κ1) is 19.4. The number of benzene rings is 2. The molecule has 2 heterocycles. The number of hydrogen-bond acceptors (Lipinski definition) is 2. The lowest BCUT2D eigenvalue weighted by atomic mass is 9.98. The molecule has 2 aliphatic heterocycles. The van der Waals surface area contributed by atoms with Gasteiger partial charge in [0.05, 0.1) is 0 Å². The van der Waals surface area contributed by atoms with Crippen LogP contribution in [0.25, 0.3) is 0 Å². The van der Waals surface area contributed by atoms with Crippen molar-refractivity contribution >= 4 is 17.6 Å². The predicted octanol–water partition coefficient (Wildman–Crippen LogP) is 3.68. The summed E-state index contributed by atoms with van der Waals surface area (Å²) in [6.45, 7) is 6.30. The zero-order valence-electron chi connectivity index (χ0n) is 16.9. The van der Waals surface area contributed by atoms with E-state index in [0.29, 0.717) is 43.2 Å². The Morgan fingerprint density at radius 1 is 1.14 bits per heavy atom. The molecule has 0 spiro atoms. The maximum atomic E-state index is 13.8. The van der Waals surface area contributed by atoms with Crippen LogP contribution < -0.4 is 10.2 Å². The molecule has 0 saturated carbocycles. The summed E-state index contributed by atoms with van der Waals surface area (Å²) >= 11 is 0. The van der Waals surface area contributed by atoms with Gasteiger partial charge in [-0.1, -0.05) is 18.2 Å². The summed E-state index contributed by atoms with van der Waals surface area (Å²) in [5, 5.41) is 2.80. The number of halogens is 1. The SMILES string of the molecule is Cc1ccc(CC2CCN(C(=O)c3ccc(C)c(N4CCNC4=O)c3)C2)cc1F. The third-order valence-electron chi connectivity index (χ3n) is 5.94. The Morgan fingerprint density at radius 3 is 2.66 bits per heavy atom. The van der Waals surface area contributed by atoms with Gasteiger partial charge in [0.25, 0.3) is 5.91 Å². The van der Waals surface area contributed by atoms with Crippen molar-refractivity contribution in [1.82, 2.24) is 10.2 Å². The molecule has 152 valence electrons. The quantitative estimate of drug-likeness (QED) is 0.859. The second-order valence-corrected chi connectivity index (χ2v) is 8.08. The van der Waals surface area contributed by atoms with Crippen molar-refractivity contribution in [2.45, 2.75) is 26.7 Å². The lowest BCUT2D eigenvalue weighted by Gasteiger charge is -2.20. The van der Waals surface area contributed by atoms with Crippen molar-refractivity contribution in [2.24, 2.45) is 5.92 Å². The maximum Gasteiger partial charge on any atom is 0.322 e. The third kappa shape index (κ3) is 3.97. The van der Waals surface area contributed by atoms with Crippen LogP contribution in [0.5, 0.6) is 0 Å². The minimum atomic E-state index is -0.174. The zero-order valence-corrected chi connectivity index (χ0v) is 16.9. The molecule has 1 unspecified atom stereocenters. The van der Waals surface area contributed by atoms with E-state index in [1.807, 2.05) is 42.2 Å². The number of nitrogens with zero attached hydrogens (tertiary/aromatic N) is 2. The summed E-state index contributed by atoms with van der Waals surface area (Å²) in [7, 11) is 0. The highest BCUT2D eigenvalue weighted by Crippen LogP contribution is 2.27. The van der Waals surface area contributed by atoms with Crippen LogP contribution in [-0.2, 0) is 6.42 Å². The smallest absolute Gasteiger partial charge is 0.322 e. The Hall–Kier alpha value is -2.89. The minimum absolute atomic E-state index is 0.0107. The lowest BCUT2D eigenvalue weighted by molar-refractivity contribution is 0.0787. The average Bonchev–Trinajstić information content (AvgIpc) is 3.34. The molecule has 4 rings (SSSR count). The van der Waals surface area contributed by atoms with E-state index in [-0.39, 0.29) is 17.8 Å². The van der Waals surface area contributed by atoms with Gasteiger partial charge in [-0.05, 0) is 67.5 Å². The van der Waals surface area contributed by atoms with Crippen LogP contribution >= 0.6 is 0 Å². The molecule has 0 aromatic heterocycles. The van der Waals surface area contributed by atoms with Gasteiger partial charge in [0.2, 0.25) is 0 Å². The summed E-state index contributed by atoms with van der Waals surface area (Å²) in [6, 6.07) is 10.8. The molecule has 2 saturated heterocycles. The molecule has 0 aliphatic carbocycles. The van der Waals surface area contributed by atoms with Gasteiger partial charge < -0.3 is 10.2 Å². The molecule has 5 nitrogen and oxygen atoms in total. The van der Waals surface area contributed by atoms with Crippen LogP contribution in [0.3, 0.4) is 0 Å². The molecular weight excluding hydrogens is 369 g/mol. The molecule has 6 heteroatoms. The first-order chi connectivity index (χ1) is 13.9. The predicted molar refractivity (Wildman–Crippen MR) is 111 cm³/mol. The largest absolute Gasteiger partial charge is 0.338 e. The number of hydrogen-bond donors (Lipinski definition) is 1. The highest BCUT2D eigenvalue weighted by molar-refractivity contribution is 5.99. The normalized spacial score (nSPS) is 19.0. The Balaban J connectivity index is 1.45. The summed E-state index contributed by atoms with van der Waals surface area (Å²) in [5.41, 5.74) is 3.99. The van der Waals surface area contributed by atoms with Crippen LogP contribution in [0.1, 0.15) is 33.5 Å². The molecule has 0 radical (unpaired) electrons. The first-order valence-electron chi connectivity index (χ1n) is 10.1. The molecule has 2 aliphatic rings. The average molecular weight is 395 g/mol. The second-order valence-electron chi connectivity index (χ2n) is 8.08. The number of urea groups is 1. The van der Waals surface area contributed by atoms with E-state index in [2.05, 4.69) is 5.32 Å². The fourth-order valence-electron chi connectivity index (χ4n) is 4.20. The van der Waals surface area contributed by atoms with Gasteiger partial charge in [0.15, 0.2) is 0 Å². The molecule has 2 aromatic carbocycles. The minimum Gasteiger partial charge on any atom is -0.338 e. The van der Waals surface area contributed by atoms with Crippen LogP contribution in [0.15, 0.2) is 36.4 Å². The summed E-state index contributed by atoms with van der Waals surface area (Å²) < 4.78 is 13.8. The van der Waals surface area contributed by atoms with Crippen LogP contribution in [0.4, 0.5) is 14.9 Å². The highest BCUT2D eigenvalue weighted by atomic mass is 19.1. The molecule has 29 heavy (non-hydrogen) atoms. The molecule has 1 atom stereocenters. The fraction of sp³-hybridized carbons (Fsp3) is 0.391. The van der Waals surface area contributed by atoms with Crippen molar-refractivity contribution in [3.63, 3.8) is 0 Å². The van der Waals surface area contributed by atoms with Gasteiger partial charge in [-0.25, -0.2) is 9.18 Å². The maximum absolute atomic E-state index is 13.8. The van der Waals surface area contributed by atoms with Gasteiger partial charge >= 0.3 is 6.03 Å². The zero-order chi connectivity index (χ0) is 20.5. The highest BCUT2D eigenvalue weighted by Gasteiger charge is 2.29. The number of nitrogens with one attached hydrogen (secondary N) is 1. The van der Waals surface area contributed by atoms with E-state index in [0.717, 1.165) is 29.7 Å². The molecule has 2 fully saturated rings.